The SMILES string of the molecule is N#CCc1ccc(OCC(=O)N2CCN(Cc3nc(-c4ccc(Cl)cc4)no3)CC2)cc1. The molecule has 1 fully saturated rings. The standard InChI is InChI=1S/C23H22ClN5O3/c24-19-5-3-18(4-6-19)23-26-21(32-27-23)15-28-11-13-29(14-12-28)22(30)16-31-20-7-1-17(2-8-20)9-10-25/h1-8H,9,11-16H2. The van der Waals surface area contributed by atoms with Gasteiger partial charge in [-0.15, -0.1) is 0 Å². The zero-order valence-electron chi connectivity index (χ0n) is 17.4. The first-order valence-corrected chi connectivity index (χ1v) is 10.7. The first-order chi connectivity index (χ1) is 15.6. The Labute approximate surface area is 190 Å². The molecular weight excluding hydrogens is 430 g/mol. The average Bonchev–Trinajstić information content (AvgIpc) is 3.28. The highest BCUT2D eigenvalue weighted by Crippen LogP contribution is 2.19. The number of carbonyl (C=O) groups is 1. The second-order valence-corrected chi connectivity index (χ2v) is 7.88. The molecule has 1 saturated heterocycles. The molecule has 0 unspecified atom stereocenters. The Balaban J connectivity index is 1.22. The van der Waals surface area contributed by atoms with Gasteiger partial charge in [0.2, 0.25) is 11.7 Å². The van der Waals surface area contributed by atoms with E-state index in [4.69, 9.17) is 26.1 Å². The van der Waals surface area contributed by atoms with Crippen molar-refractivity contribution in [2.45, 2.75) is 13.0 Å². The number of amides is 1. The number of benzene rings is 2. The quantitative estimate of drug-likeness (QED) is 0.544. The van der Waals surface area contributed by atoms with Crippen molar-refractivity contribution in [1.29, 1.82) is 5.26 Å². The molecule has 0 N–H and O–H groups in total. The number of aromatic nitrogens is 2. The number of piperazine rings is 1. The second-order valence-electron chi connectivity index (χ2n) is 7.44. The highest BCUT2D eigenvalue weighted by Gasteiger charge is 2.23. The molecule has 0 spiro atoms. The molecule has 3 aromatic rings. The molecule has 1 aromatic heterocycles. The van der Waals surface area contributed by atoms with E-state index in [1.54, 1.807) is 29.2 Å². The van der Waals surface area contributed by atoms with Crippen LogP contribution in [0.15, 0.2) is 53.1 Å². The van der Waals surface area contributed by atoms with Gasteiger partial charge in [-0.05, 0) is 42.0 Å². The van der Waals surface area contributed by atoms with Crippen molar-refractivity contribution in [2.75, 3.05) is 32.8 Å². The molecule has 1 aliphatic rings. The van der Waals surface area contributed by atoms with E-state index in [0.29, 0.717) is 61.6 Å². The van der Waals surface area contributed by atoms with Crippen LogP contribution in [0.5, 0.6) is 5.75 Å². The van der Waals surface area contributed by atoms with E-state index in [0.717, 1.165) is 11.1 Å². The number of rotatable bonds is 7. The monoisotopic (exact) mass is 451 g/mol. The molecule has 0 radical (unpaired) electrons. The predicted octanol–water partition coefficient (Wildman–Crippen LogP) is 3.18. The summed E-state index contributed by atoms with van der Waals surface area (Å²) in [6.07, 6.45) is 0.357. The third-order valence-corrected chi connectivity index (χ3v) is 5.48. The fourth-order valence-electron chi connectivity index (χ4n) is 3.41. The molecule has 1 aliphatic heterocycles. The lowest BCUT2D eigenvalue weighted by molar-refractivity contribution is -0.135. The van der Waals surface area contributed by atoms with Gasteiger partial charge in [0.25, 0.3) is 5.91 Å². The summed E-state index contributed by atoms with van der Waals surface area (Å²) in [7, 11) is 0. The van der Waals surface area contributed by atoms with Gasteiger partial charge < -0.3 is 14.2 Å². The Morgan fingerprint density at radius 3 is 2.50 bits per heavy atom. The first kappa shape index (κ1) is 21.8. The average molecular weight is 452 g/mol. The summed E-state index contributed by atoms with van der Waals surface area (Å²) < 4.78 is 11.0. The van der Waals surface area contributed by atoms with E-state index >= 15 is 0 Å². The topological polar surface area (TPSA) is 95.5 Å². The number of hydrogen-bond donors (Lipinski definition) is 0. The zero-order valence-corrected chi connectivity index (χ0v) is 18.2. The summed E-state index contributed by atoms with van der Waals surface area (Å²) >= 11 is 5.92. The summed E-state index contributed by atoms with van der Waals surface area (Å²) in [5, 5.41) is 13.4. The molecule has 0 saturated carbocycles. The Morgan fingerprint density at radius 1 is 1.09 bits per heavy atom. The van der Waals surface area contributed by atoms with E-state index in [1.807, 2.05) is 24.3 Å². The van der Waals surface area contributed by atoms with Crippen molar-refractivity contribution in [3.63, 3.8) is 0 Å². The van der Waals surface area contributed by atoms with Crippen LogP contribution in [0.1, 0.15) is 11.5 Å². The molecule has 2 aromatic carbocycles. The van der Waals surface area contributed by atoms with Crippen LogP contribution in [0.25, 0.3) is 11.4 Å². The number of hydrogen-bond acceptors (Lipinski definition) is 7. The van der Waals surface area contributed by atoms with E-state index in [2.05, 4.69) is 21.1 Å². The maximum Gasteiger partial charge on any atom is 0.260 e. The molecule has 164 valence electrons. The molecule has 8 nitrogen and oxygen atoms in total. The number of halogens is 1. The third kappa shape index (κ3) is 5.63. The molecule has 0 aliphatic carbocycles. The fourth-order valence-corrected chi connectivity index (χ4v) is 3.54. The predicted molar refractivity (Wildman–Crippen MR) is 118 cm³/mol. The lowest BCUT2D eigenvalue weighted by atomic mass is 10.2. The summed E-state index contributed by atoms with van der Waals surface area (Å²) in [6.45, 7) is 3.18. The Kier molecular flexibility index (Phi) is 7.00. The lowest BCUT2D eigenvalue weighted by Crippen LogP contribution is -2.49. The summed E-state index contributed by atoms with van der Waals surface area (Å²) in [4.78, 5) is 20.9. The van der Waals surface area contributed by atoms with Crippen LogP contribution in [0.3, 0.4) is 0 Å². The largest absolute Gasteiger partial charge is 0.484 e. The summed E-state index contributed by atoms with van der Waals surface area (Å²) in [5.74, 6) is 1.64. The molecule has 4 rings (SSSR count). The van der Waals surface area contributed by atoms with Crippen LogP contribution < -0.4 is 4.74 Å². The van der Waals surface area contributed by atoms with Crippen molar-refractivity contribution in [3.8, 4) is 23.2 Å². The van der Waals surface area contributed by atoms with Gasteiger partial charge in [0, 0.05) is 36.8 Å². The van der Waals surface area contributed by atoms with Crippen molar-refractivity contribution < 1.29 is 14.1 Å². The molecule has 0 bridgehead atoms. The van der Waals surface area contributed by atoms with Crippen molar-refractivity contribution >= 4 is 17.5 Å². The Morgan fingerprint density at radius 2 is 1.81 bits per heavy atom. The summed E-state index contributed by atoms with van der Waals surface area (Å²) in [5.41, 5.74) is 1.77. The minimum absolute atomic E-state index is 0.00823. The van der Waals surface area contributed by atoms with Gasteiger partial charge in [-0.1, -0.05) is 28.9 Å². The zero-order chi connectivity index (χ0) is 22.3. The van der Waals surface area contributed by atoms with Gasteiger partial charge in [0.05, 0.1) is 19.0 Å². The number of ether oxygens (including phenoxy) is 1. The summed E-state index contributed by atoms with van der Waals surface area (Å²) in [6, 6.07) is 16.6. The minimum atomic E-state index is -0.0476. The van der Waals surface area contributed by atoms with E-state index in [-0.39, 0.29) is 12.5 Å². The van der Waals surface area contributed by atoms with Crippen LogP contribution in [0.2, 0.25) is 5.02 Å². The smallest absolute Gasteiger partial charge is 0.260 e. The van der Waals surface area contributed by atoms with E-state index < -0.39 is 0 Å². The van der Waals surface area contributed by atoms with Crippen molar-refractivity contribution in [1.82, 2.24) is 19.9 Å². The Hall–Kier alpha value is -3.41. The first-order valence-electron chi connectivity index (χ1n) is 10.3. The number of nitriles is 1. The van der Waals surface area contributed by atoms with Gasteiger partial charge in [0.15, 0.2) is 6.61 Å². The van der Waals surface area contributed by atoms with Crippen LogP contribution in [0.4, 0.5) is 0 Å². The highest BCUT2D eigenvalue weighted by molar-refractivity contribution is 6.30. The van der Waals surface area contributed by atoms with E-state index in [9.17, 15) is 4.79 Å². The molecule has 0 atom stereocenters. The van der Waals surface area contributed by atoms with E-state index in [1.165, 1.54) is 0 Å². The molecule has 2 heterocycles. The molecule has 9 heteroatoms. The van der Waals surface area contributed by atoms with Gasteiger partial charge >= 0.3 is 0 Å². The van der Waals surface area contributed by atoms with Crippen LogP contribution in [0, 0.1) is 11.3 Å². The highest BCUT2D eigenvalue weighted by atomic mass is 35.5. The molecule has 32 heavy (non-hydrogen) atoms. The van der Waals surface area contributed by atoms with Crippen LogP contribution >= 0.6 is 11.6 Å². The van der Waals surface area contributed by atoms with Gasteiger partial charge in [-0.3, -0.25) is 9.69 Å². The van der Waals surface area contributed by atoms with Crippen LogP contribution in [-0.4, -0.2) is 58.6 Å². The van der Waals surface area contributed by atoms with Crippen LogP contribution in [-0.2, 0) is 17.8 Å². The van der Waals surface area contributed by atoms with Crippen molar-refractivity contribution in [3.05, 3.63) is 65.0 Å². The normalized spacial score (nSPS) is 14.2. The van der Waals surface area contributed by atoms with Gasteiger partial charge in [-0.25, -0.2) is 0 Å². The molecular formula is C23H22ClN5O3. The van der Waals surface area contributed by atoms with Gasteiger partial charge in [0.1, 0.15) is 5.75 Å². The Bertz CT molecular complexity index is 1080. The van der Waals surface area contributed by atoms with Crippen molar-refractivity contribution in [2.24, 2.45) is 0 Å². The maximum atomic E-state index is 12.5. The third-order valence-electron chi connectivity index (χ3n) is 5.22. The fraction of sp³-hybridized carbons (Fsp3) is 0.304. The molecule has 1 amide bonds. The number of carbonyl (C=O) groups excluding carboxylic acids is 1. The lowest BCUT2D eigenvalue weighted by Gasteiger charge is -2.33. The number of nitrogens with zero attached hydrogens (tertiary/aromatic N) is 5. The van der Waals surface area contributed by atoms with Gasteiger partial charge in [-0.2, -0.15) is 10.2 Å². The second kappa shape index (κ2) is 10.3. The minimum Gasteiger partial charge on any atom is -0.484 e. The maximum absolute atomic E-state index is 12.5.